The van der Waals surface area contributed by atoms with E-state index in [0.717, 1.165) is 16.8 Å². The van der Waals surface area contributed by atoms with Gasteiger partial charge in [-0.25, -0.2) is 4.79 Å². The van der Waals surface area contributed by atoms with Crippen molar-refractivity contribution in [3.63, 3.8) is 0 Å². The van der Waals surface area contributed by atoms with Gasteiger partial charge < -0.3 is 19.1 Å². The van der Waals surface area contributed by atoms with Crippen molar-refractivity contribution in [2.75, 3.05) is 19.1 Å². The Kier molecular flexibility index (Phi) is 5.14. The largest absolute Gasteiger partial charge is 0.514 e. The summed E-state index contributed by atoms with van der Waals surface area (Å²) in [5.74, 6) is 0.538. The molecule has 146 valence electrons. The molecule has 0 saturated carbocycles. The van der Waals surface area contributed by atoms with Gasteiger partial charge in [-0.05, 0) is 50.6 Å². The van der Waals surface area contributed by atoms with Crippen molar-refractivity contribution in [1.29, 1.82) is 0 Å². The second-order valence-corrected chi connectivity index (χ2v) is 7.42. The van der Waals surface area contributed by atoms with Gasteiger partial charge in [0.1, 0.15) is 5.60 Å². The minimum absolute atomic E-state index is 0.0748. The topological polar surface area (TPSA) is 65.1 Å². The number of nitrogens with zero attached hydrogens (tertiary/aromatic N) is 1. The lowest BCUT2D eigenvalue weighted by molar-refractivity contribution is -0.112. The molecule has 0 fully saturated rings. The van der Waals surface area contributed by atoms with Crippen LogP contribution in [0.4, 0.5) is 10.5 Å². The molecule has 1 aliphatic heterocycles. The summed E-state index contributed by atoms with van der Waals surface area (Å²) in [7, 11) is 3.23. The zero-order valence-electron chi connectivity index (χ0n) is 16.6. The number of methoxy groups -OCH3 is 1. The molecule has 6 nitrogen and oxygen atoms in total. The molecular formula is C22H23NO5. The molecule has 1 aliphatic rings. The van der Waals surface area contributed by atoms with Gasteiger partial charge in [-0.1, -0.05) is 24.3 Å². The fourth-order valence-corrected chi connectivity index (χ4v) is 2.92. The number of carbonyl (C=O) groups is 2. The Bertz CT molecular complexity index is 956. The van der Waals surface area contributed by atoms with E-state index in [1.54, 1.807) is 57.0 Å². The minimum Gasteiger partial charge on any atom is -0.493 e. The normalized spacial score (nSPS) is 14.8. The van der Waals surface area contributed by atoms with E-state index < -0.39 is 11.8 Å². The molecule has 3 rings (SSSR count). The van der Waals surface area contributed by atoms with Crippen LogP contribution in [0.5, 0.6) is 11.5 Å². The van der Waals surface area contributed by atoms with E-state index in [0.29, 0.717) is 11.3 Å². The highest BCUT2D eigenvalue weighted by Gasteiger charge is 2.29. The van der Waals surface area contributed by atoms with E-state index >= 15 is 0 Å². The maximum atomic E-state index is 12.6. The van der Waals surface area contributed by atoms with Crippen LogP contribution in [0.2, 0.25) is 0 Å². The first-order chi connectivity index (χ1) is 13.2. The van der Waals surface area contributed by atoms with Crippen LogP contribution in [0.1, 0.15) is 31.9 Å². The van der Waals surface area contributed by atoms with Gasteiger partial charge in [-0.3, -0.25) is 4.79 Å². The summed E-state index contributed by atoms with van der Waals surface area (Å²) in [5.41, 5.74) is 2.44. The third-order valence-corrected chi connectivity index (χ3v) is 4.17. The first kappa shape index (κ1) is 19.5. The molecule has 1 amide bonds. The summed E-state index contributed by atoms with van der Waals surface area (Å²) in [4.78, 5) is 26.1. The van der Waals surface area contributed by atoms with Crippen LogP contribution < -0.4 is 14.4 Å². The Balaban J connectivity index is 1.90. The van der Waals surface area contributed by atoms with Gasteiger partial charge in [-0.2, -0.15) is 0 Å². The smallest absolute Gasteiger partial charge is 0.493 e. The average Bonchev–Trinajstić information content (AvgIpc) is 2.86. The predicted molar refractivity (Wildman–Crippen MR) is 108 cm³/mol. The van der Waals surface area contributed by atoms with Gasteiger partial charge in [0.2, 0.25) is 0 Å². The maximum absolute atomic E-state index is 12.6. The van der Waals surface area contributed by atoms with E-state index in [1.165, 1.54) is 7.11 Å². The Hall–Kier alpha value is -3.28. The summed E-state index contributed by atoms with van der Waals surface area (Å²) in [6.45, 7) is 5.27. The summed E-state index contributed by atoms with van der Waals surface area (Å²) in [5, 5.41) is 0. The zero-order valence-corrected chi connectivity index (χ0v) is 16.6. The number of likely N-dealkylation sites (N-methyl/N-ethyl adjacent to an activating group) is 1. The number of anilines is 1. The van der Waals surface area contributed by atoms with E-state index in [2.05, 4.69) is 0 Å². The standard InChI is InChI=1S/C22H23NO5/c1-22(2,3)28-21(25)27-18-11-10-14(13-19(18)26-5)12-16-15-8-6-7-9-17(15)23(4)20(16)24/h6-13H,1-5H3/b16-12+. The van der Waals surface area contributed by atoms with Gasteiger partial charge in [0, 0.05) is 18.2 Å². The number of hydrogen-bond donors (Lipinski definition) is 0. The number of benzene rings is 2. The highest BCUT2D eigenvalue weighted by molar-refractivity contribution is 6.35. The molecule has 0 N–H and O–H groups in total. The lowest BCUT2D eigenvalue weighted by Gasteiger charge is -2.19. The lowest BCUT2D eigenvalue weighted by Crippen LogP contribution is -2.26. The second-order valence-electron chi connectivity index (χ2n) is 7.42. The van der Waals surface area contributed by atoms with Crippen LogP contribution in [0, 0.1) is 0 Å². The summed E-state index contributed by atoms with van der Waals surface area (Å²) in [6, 6.07) is 12.7. The van der Waals surface area contributed by atoms with Crippen LogP contribution >= 0.6 is 0 Å². The third kappa shape index (κ3) is 4.01. The molecule has 6 heteroatoms. The molecule has 1 heterocycles. The van der Waals surface area contributed by atoms with Crippen molar-refractivity contribution in [3.05, 3.63) is 53.6 Å². The molecule has 0 unspecified atom stereocenters. The van der Waals surface area contributed by atoms with E-state index in [1.807, 2.05) is 24.3 Å². The lowest BCUT2D eigenvalue weighted by atomic mass is 10.0. The second kappa shape index (κ2) is 7.38. The van der Waals surface area contributed by atoms with Crippen molar-refractivity contribution in [2.24, 2.45) is 0 Å². The fourth-order valence-electron chi connectivity index (χ4n) is 2.92. The van der Waals surface area contributed by atoms with E-state index in [9.17, 15) is 9.59 Å². The van der Waals surface area contributed by atoms with Crippen molar-refractivity contribution >= 4 is 29.4 Å². The highest BCUT2D eigenvalue weighted by Crippen LogP contribution is 2.37. The molecule has 0 radical (unpaired) electrons. The summed E-state index contributed by atoms with van der Waals surface area (Å²) < 4.78 is 15.8. The monoisotopic (exact) mass is 381 g/mol. The Morgan fingerprint density at radius 1 is 1.07 bits per heavy atom. The van der Waals surface area contributed by atoms with Gasteiger partial charge in [0.25, 0.3) is 5.91 Å². The van der Waals surface area contributed by atoms with Crippen molar-refractivity contribution in [1.82, 2.24) is 0 Å². The van der Waals surface area contributed by atoms with Crippen LogP contribution in [0.15, 0.2) is 42.5 Å². The Morgan fingerprint density at radius 2 is 1.79 bits per heavy atom. The van der Waals surface area contributed by atoms with Gasteiger partial charge in [0.15, 0.2) is 11.5 Å². The minimum atomic E-state index is -0.807. The zero-order chi connectivity index (χ0) is 20.5. The number of fused-ring (bicyclic) bond motifs is 1. The highest BCUT2D eigenvalue weighted by atomic mass is 16.7. The van der Waals surface area contributed by atoms with Gasteiger partial charge in [0.05, 0.1) is 12.8 Å². The maximum Gasteiger partial charge on any atom is 0.514 e. The van der Waals surface area contributed by atoms with Crippen LogP contribution in [-0.4, -0.2) is 31.8 Å². The number of rotatable bonds is 3. The molecule has 2 aromatic rings. The summed E-state index contributed by atoms with van der Waals surface area (Å²) >= 11 is 0. The van der Waals surface area contributed by atoms with Crippen molar-refractivity contribution < 1.29 is 23.8 Å². The van der Waals surface area contributed by atoms with Crippen molar-refractivity contribution in [2.45, 2.75) is 26.4 Å². The Labute approximate surface area is 164 Å². The molecule has 0 aromatic heterocycles. The van der Waals surface area contributed by atoms with Crippen molar-refractivity contribution in [3.8, 4) is 11.5 Å². The average molecular weight is 381 g/mol. The molecule has 0 saturated heterocycles. The summed E-state index contributed by atoms with van der Waals surface area (Å²) in [6.07, 6.45) is 0.989. The number of carbonyl (C=O) groups excluding carboxylic acids is 2. The van der Waals surface area contributed by atoms with Gasteiger partial charge >= 0.3 is 6.16 Å². The molecule has 0 atom stereocenters. The van der Waals surface area contributed by atoms with E-state index in [-0.39, 0.29) is 11.7 Å². The Morgan fingerprint density at radius 3 is 2.46 bits per heavy atom. The number of hydrogen-bond acceptors (Lipinski definition) is 5. The number of amides is 1. The first-order valence-electron chi connectivity index (χ1n) is 8.87. The molecule has 0 aliphatic carbocycles. The van der Waals surface area contributed by atoms with Crippen LogP contribution in [0.3, 0.4) is 0 Å². The molecule has 2 aromatic carbocycles. The SMILES string of the molecule is COc1cc(/C=C2/C(=O)N(C)c3ccccc32)ccc1OC(=O)OC(C)(C)C. The number of ether oxygens (including phenoxy) is 3. The third-order valence-electron chi connectivity index (χ3n) is 4.17. The van der Waals surface area contributed by atoms with Crippen LogP contribution in [0.25, 0.3) is 11.6 Å². The van der Waals surface area contributed by atoms with E-state index in [4.69, 9.17) is 14.2 Å². The number of para-hydroxylation sites is 1. The fraction of sp³-hybridized carbons (Fsp3) is 0.273. The van der Waals surface area contributed by atoms with Gasteiger partial charge in [-0.15, -0.1) is 0 Å². The molecule has 28 heavy (non-hydrogen) atoms. The predicted octanol–water partition coefficient (Wildman–Crippen LogP) is 4.53. The molecule has 0 spiro atoms. The molecule has 0 bridgehead atoms. The molecular weight excluding hydrogens is 358 g/mol. The quantitative estimate of drug-likeness (QED) is 0.444. The first-order valence-corrected chi connectivity index (χ1v) is 8.87. The van der Waals surface area contributed by atoms with Crippen LogP contribution in [-0.2, 0) is 9.53 Å².